The van der Waals surface area contributed by atoms with Crippen LogP contribution in [0.15, 0.2) is 30.6 Å². The molecule has 1 aromatic heterocycles. The van der Waals surface area contributed by atoms with Crippen molar-refractivity contribution in [3.63, 3.8) is 0 Å². The predicted octanol–water partition coefficient (Wildman–Crippen LogP) is 2.84. The van der Waals surface area contributed by atoms with E-state index in [9.17, 15) is 0 Å². The molecule has 104 valence electrons. The number of aryl methyl sites for hydroxylation is 1. The number of pyridine rings is 1. The molecule has 2 aromatic rings. The lowest BCUT2D eigenvalue weighted by Crippen LogP contribution is -2.41. The second-order valence-electron chi connectivity index (χ2n) is 6.54. The predicted molar refractivity (Wildman–Crippen MR) is 82.2 cm³/mol. The molecule has 0 saturated carbocycles. The van der Waals surface area contributed by atoms with Crippen LogP contribution >= 0.6 is 0 Å². The van der Waals surface area contributed by atoms with Crippen LogP contribution in [0.3, 0.4) is 0 Å². The van der Waals surface area contributed by atoms with Gasteiger partial charge >= 0.3 is 7.12 Å². The van der Waals surface area contributed by atoms with E-state index in [1.807, 2.05) is 12.4 Å². The number of benzene rings is 1. The molecule has 0 amide bonds. The smallest absolute Gasteiger partial charge is 0.399 e. The lowest BCUT2D eigenvalue weighted by atomic mass is 9.77. The van der Waals surface area contributed by atoms with Crippen LogP contribution in [0.5, 0.6) is 0 Å². The lowest BCUT2D eigenvalue weighted by Gasteiger charge is -2.32. The highest BCUT2D eigenvalue weighted by Gasteiger charge is 2.52. The topological polar surface area (TPSA) is 31.4 Å². The Morgan fingerprint density at radius 2 is 1.65 bits per heavy atom. The lowest BCUT2D eigenvalue weighted by molar-refractivity contribution is 0.00578. The second kappa shape index (κ2) is 4.30. The van der Waals surface area contributed by atoms with Gasteiger partial charge in [0.15, 0.2) is 0 Å². The first-order valence-electron chi connectivity index (χ1n) is 7.00. The van der Waals surface area contributed by atoms with Gasteiger partial charge in [-0.3, -0.25) is 4.98 Å². The Morgan fingerprint density at radius 1 is 1.00 bits per heavy atom. The first kappa shape index (κ1) is 13.6. The van der Waals surface area contributed by atoms with Crippen LogP contribution in [0.4, 0.5) is 0 Å². The van der Waals surface area contributed by atoms with Crippen LogP contribution in [-0.2, 0) is 9.31 Å². The summed E-state index contributed by atoms with van der Waals surface area (Å²) in [5.41, 5.74) is 1.57. The van der Waals surface area contributed by atoms with Crippen molar-refractivity contribution in [3.05, 3.63) is 36.2 Å². The van der Waals surface area contributed by atoms with Crippen molar-refractivity contribution in [1.82, 2.24) is 4.98 Å². The van der Waals surface area contributed by atoms with Gasteiger partial charge in [-0.05, 0) is 51.5 Å². The minimum absolute atomic E-state index is 0.329. The molecule has 4 heteroatoms. The fourth-order valence-corrected chi connectivity index (χ4v) is 2.48. The maximum Gasteiger partial charge on any atom is 0.497 e. The van der Waals surface area contributed by atoms with Crippen molar-refractivity contribution in [2.75, 3.05) is 0 Å². The van der Waals surface area contributed by atoms with Crippen molar-refractivity contribution >= 4 is 23.4 Å². The molecule has 0 unspecified atom stereocenters. The molecule has 0 spiro atoms. The van der Waals surface area contributed by atoms with Gasteiger partial charge < -0.3 is 9.31 Å². The molecule has 1 aliphatic rings. The number of fused-ring (bicyclic) bond motifs is 1. The number of nitrogens with zero attached hydrogens (tertiary/aromatic N) is 1. The zero-order valence-corrected chi connectivity index (χ0v) is 12.7. The number of aromatic nitrogens is 1. The van der Waals surface area contributed by atoms with Crippen LogP contribution in [-0.4, -0.2) is 23.3 Å². The Hall–Kier alpha value is -1.39. The van der Waals surface area contributed by atoms with E-state index in [2.05, 4.69) is 57.8 Å². The average Bonchev–Trinajstić information content (AvgIpc) is 2.57. The fourth-order valence-electron chi connectivity index (χ4n) is 2.48. The maximum absolute atomic E-state index is 6.13. The Kier molecular flexibility index (Phi) is 2.92. The third kappa shape index (κ3) is 2.04. The Morgan fingerprint density at radius 3 is 2.30 bits per heavy atom. The van der Waals surface area contributed by atoms with E-state index in [-0.39, 0.29) is 18.3 Å². The summed E-state index contributed by atoms with van der Waals surface area (Å²) in [5, 5.41) is 2.27. The molecule has 1 saturated heterocycles. The van der Waals surface area contributed by atoms with Gasteiger partial charge in [0.1, 0.15) is 0 Å². The van der Waals surface area contributed by atoms with E-state index in [0.29, 0.717) is 0 Å². The molecule has 3 rings (SSSR count). The first-order chi connectivity index (χ1) is 9.30. The van der Waals surface area contributed by atoms with Crippen LogP contribution in [0.2, 0.25) is 0 Å². The van der Waals surface area contributed by atoms with E-state index in [1.165, 1.54) is 5.56 Å². The Bertz CT molecular complexity index is 651. The Balaban J connectivity index is 2.08. The van der Waals surface area contributed by atoms with E-state index >= 15 is 0 Å². The van der Waals surface area contributed by atoms with Gasteiger partial charge in [0.25, 0.3) is 0 Å². The largest absolute Gasteiger partial charge is 0.497 e. The van der Waals surface area contributed by atoms with Gasteiger partial charge in [-0.2, -0.15) is 0 Å². The molecule has 0 N–H and O–H groups in total. The van der Waals surface area contributed by atoms with E-state index < -0.39 is 0 Å². The van der Waals surface area contributed by atoms with Crippen LogP contribution < -0.4 is 5.46 Å². The summed E-state index contributed by atoms with van der Waals surface area (Å²) in [6, 6.07) is 6.36. The summed E-state index contributed by atoms with van der Waals surface area (Å²) in [5.74, 6) is 0. The molecule has 0 aliphatic carbocycles. The molecule has 0 atom stereocenters. The van der Waals surface area contributed by atoms with E-state index in [4.69, 9.17) is 9.31 Å². The summed E-state index contributed by atoms with van der Waals surface area (Å²) in [6.45, 7) is 10.3. The van der Waals surface area contributed by atoms with Crippen LogP contribution in [0.1, 0.15) is 33.3 Å². The molecule has 2 heterocycles. The van der Waals surface area contributed by atoms with Crippen LogP contribution in [0.25, 0.3) is 10.8 Å². The molecule has 20 heavy (non-hydrogen) atoms. The van der Waals surface area contributed by atoms with Gasteiger partial charge in [-0.25, -0.2) is 0 Å². The SMILES string of the molecule is Cc1ccc2c(B3OC(C)(C)C(C)(C)O3)cncc2c1. The van der Waals surface area contributed by atoms with Crippen LogP contribution in [0, 0.1) is 6.92 Å². The van der Waals surface area contributed by atoms with Gasteiger partial charge in [-0.1, -0.05) is 17.7 Å². The molecule has 0 radical (unpaired) electrons. The molecule has 1 fully saturated rings. The standard InChI is InChI=1S/C16H20BNO2/c1-11-6-7-13-12(8-11)9-18-10-14(13)17-19-15(2,3)16(4,5)20-17/h6-10H,1-5H3. The van der Waals surface area contributed by atoms with Gasteiger partial charge in [0.2, 0.25) is 0 Å². The van der Waals surface area contributed by atoms with Gasteiger partial charge in [0, 0.05) is 17.9 Å². The van der Waals surface area contributed by atoms with Gasteiger partial charge in [-0.15, -0.1) is 0 Å². The second-order valence-corrected chi connectivity index (χ2v) is 6.54. The highest BCUT2D eigenvalue weighted by molar-refractivity contribution is 6.65. The summed E-state index contributed by atoms with van der Waals surface area (Å²) < 4.78 is 12.3. The van der Waals surface area contributed by atoms with Crippen molar-refractivity contribution in [1.29, 1.82) is 0 Å². The molecule has 3 nitrogen and oxygen atoms in total. The maximum atomic E-state index is 6.13. The number of hydrogen-bond acceptors (Lipinski definition) is 3. The average molecular weight is 269 g/mol. The van der Waals surface area contributed by atoms with Crippen molar-refractivity contribution < 1.29 is 9.31 Å². The molecule has 0 bridgehead atoms. The summed E-state index contributed by atoms with van der Waals surface area (Å²) in [7, 11) is -0.362. The summed E-state index contributed by atoms with van der Waals surface area (Å²) >= 11 is 0. The summed E-state index contributed by atoms with van der Waals surface area (Å²) in [4.78, 5) is 4.33. The third-order valence-corrected chi connectivity index (χ3v) is 4.45. The monoisotopic (exact) mass is 269 g/mol. The number of hydrogen-bond donors (Lipinski definition) is 0. The summed E-state index contributed by atoms with van der Waals surface area (Å²) in [6.07, 6.45) is 3.73. The highest BCUT2D eigenvalue weighted by atomic mass is 16.7. The van der Waals surface area contributed by atoms with Crippen molar-refractivity contribution in [2.24, 2.45) is 0 Å². The van der Waals surface area contributed by atoms with Crippen molar-refractivity contribution in [3.8, 4) is 0 Å². The van der Waals surface area contributed by atoms with Gasteiger partial charge in [0.05, 0.1) is 11.2 Å². The minimum atomic E-state index is -0.362. The first-order valence-corrected chi connectivity index (χ1v) is 7.00. The van der Waals surface area contributed by atoms with E-state index in [1.54, 1.807) is 0 Å². The molecular weight excluding hydrogens is 249 g/mol. The minimum Gasteiger partial charge on any atom is -0.399 e. The fraction of sp³-hybridized carbons (Fsp3) is 0.438. The molecule has 1 aromatic carbocycles. The highest BCUT2D eigenvalue weighted by Crippen LogP contribution is 2.36. The third-order valence-electron chi connectivity index (χ3n) is 4.45. The van der Waals surface area contributed by atoms with Crippen molar-refractivity contribution in [2.45, 2.75) is 45.8 Å². The quantitative estimate of drug-likeness (QED) is 0.746. The zero-order chi connectivity index (χ0) is 14.5. The molecular formula is C16H20BNO2. The van der Waals surface area contributed by atoms with E-state index in [0.717, 1.165) is 16.2 Å². The number of rotatable bonds is 1. The normalized spacial score (nSPS) is 20.6. The Labute approximate surface area is 120 Å². The molecule has 1 aliphatic heterocycles. The zero-order valence-electron chi connectivity index (χ0n) is 12.7.